The fourth-order valence-corrected chi connectivity index (χ4v) is 11.2. The Bertz CT molecular complexity index is 3550. The van der Waals surface area contributed by atoms with Gasteiger partial charge in [0.25, 0.3) is 0 Å². The van der Waals surface area contributed by atoms with Gasteiger partial charge in [-0.1, -0.05) is 222 Å². The molecule has 426 valence electrons. The quantitative estimate of drug-likeness (QED) is 0.135. The molecular weight excluding hydrogens is 1020 g/mol. The molecule has 84 heavy (non-hydrogen) atoms. The first-order valence-corrected chi connectivity index (χ1v) is 30.2. The van der Waals surface area contributed by atoms with E-state index in [1.54, 1.807) is 0 Å². The normalized spacial score (nSPS) is 12.6. The second-order valence-corrected chi connectivity index (χ2v) is 29.5. The van der Waals surface area contributed by atoms with Crippen LogP contribution in [0.15, 0.2) is 207 Å². The van der Waals surface area contributed by atoms with Crippen LogP contribution < -0.4 is 9.13 Å². The lowest BCUT2D eigenvalue weighted by Crippen LogP contribution is -2.37. The minimum absolute atomic E-state index is 0.000635. The Balaban J connectivity index is 1.20. The third kappa shape index (κ3) is 12.7. The Morgan fingerprint density at radius 1 is 0.214 bits per heavy atom. The first-order valence-electron chi connectivity index (χ1n) is 30.2. The van der Waals surface area contributed by atoms with Gasteiger partial charge in [-0.2, -0.15) is 9.13 Å². The summed E-state index contributed by atoms with van der Waals surface area (Å²) in [7, 11) is 0. The number of aromatic nitrogens is 4. The molecule has 0 aliphatic rings. The van der Waals surface area contributed by atoms with Crippen molar-refractivity contribution < 1.29 is 9.13 Å². The fraction of sp³-hybridized carbons (Fsp3) is 0.300. The molecule has 0 aliphatic heterocycles. The van der Waals surface area contributed by atoms with Crippen LogP contribution in [0.1, 0.15) is 158 Å². The highest BCUT2D eigenvalue weighted by Crippen LogP contribution is 2.38. The van der Waals surface area contributed by atoms with E-state index in [0.29, 0.717) is 0 Å². The summed E-state index contributed by atoms with van der Waals surface area (Å²) >= 11 is 0. The van der Waals surface area contributed by atoms with Crippen LogP contribution in [0.3, 0.4) is 0 Å². The maximum Gasteiger partial charge on any atom is 0.219 e. The zero-order chi connectivity index (χ0) is 60.3. The van der Waals surface area contributed by atoms with Crippen molar-refractivity contribution in [2.75, 3.05) is 0 Å². The largest absolute Gasteiger partial charge is 0.254 e. The van der Waals surface area contributed by atoms with Gasteiger partial charge in [0.05, 0.1) is 11.4 Å². The van der Waals surface area contributed by atoms with Crippen LogP contribution in [-0.4, -0.2) is 9.97 Å². The van der Waals surface area contributed by atoms with Crippen molar-refractivity contribution >= 4 is 0 Å². The number of hydrogen-bond acceptors (Lipinski definition) is 2. The first kappa shape index (κ1) is 59.1. The maximum absolute atomic E-state index is 5.16. The molecule has 0 saturated carbocycles. The molecule has 4 nitrogen and oxygen atoms in total. The van der Waals surface area contributed by atoms with Gasteiger partial charge in [-0.05, 0) is 137 Å². The van der Waals surface area contributed by atoms with E-state index in [9.17, 15) is 0 Å². The van der Waals surface area contributed by atoms with E-state index < -0.39 is 0 Å². The predicted molar refractivity (Wildman–Crippen MR) is 355 cm³/mol. The van der Waals surface area contributed by atoms with Crippen molar-refractivity contribution in [1.29, 1.82) is 0 Å². The highest BCUT2D eigenvalue weighted by atomic mass is 15.0. The van der Waals surface area contributed by atoms with Gasteiger partial charge < -0.3 is 0 Å². The Hall–Kier alpha value is -8.08. The van der Waals surface area contributed by atoms with Gasteiger partial charge in [0.15, 0.2) is 0 Å². The molecule has 0 radical (unpaired) electrons. The number of benzene rings is 6. The fourth-order valence-electron chi connectivity index (χ4n) is 11.2. The molecular formula is C80H88N4+2. The van der Waals surface area contributed by atoms with Crippen molar-refractivity contribution in [3.05, 3.63) is 240 Å². The van der Waals surface area contributed by atoms with Crippen LogP contribution in [0, 0.1) is 0 Å². The molecule has 4 heteroatoms. The third-order valence-corrected chi connectivity index (χ3v) is 16.8. The molecule has 0 aliphatic carbocycles. The summed E-state index contributed by atoms with van der Waals surface area (Å²) in [5.74, 6) is 0. The van der Waals surface area contributed by atoms with Crippen LogP contribution in [0.4, 0.5) is 0 Å². The molecule has 6 aromatic carbocycles. The summed E-state index contributed by atoms with van der Waals surface area (Å²) in [4.78, 5) is 10.3. The Morgan fingerprint density at radius 3 is 0.595 bits per heavy atom. The lowest BCUT2D eigenvalue weighted by atomic mass is 9.85. The number of rotatable bonds is 9. The summed E-state index contributed by atoms with van der Waals surface area (Å²) in [5, 5.41) is 0. The second-order valence-electron chi connectivity index (χ2n) is 29.5. The predicted octanol–water partition coefficient (Wildman–Crippen LogP) is 20.5. The van der Waals surface area contributed by atoms with E-state index in [2.05, 4.69) is 328 Å². The number of nitrogens with zero attached hydrogens (tertiary/aromatic N) is 4. The number of hydrogen-bond donors (Lipinski definition) is 0. The lowest BCUT2D eigenvalue weighted by Gasteiger charge is -2.20. The Kier molecular flexibility index (Phi) is 15.6. The van der Waals surface area contributed by atoms with E-state index >= 15 is 0 Å². The highest BCUT2D eigenvalue weighted by Gasteiger charge is 2.31. The summed E-state index contributed by atoms with van der Waals surface area (Å²) < 4.78 is 4.86. The number of pyridine rings is 4. The summed E-state index contributed by atoms with van der Waals surface area (Å²) in [6, 6.07) is 73.2. The zero-order valence-corrected chi connectivity index (χ0v) is 53.4. The van der Waals surface area contributed by atoms with Crippen molar-refractivity contribution in [1.82, 2.24) is 9.97 Å². The molecule has 0 saturated heterocycles. The smallest absolute Gasteiger partial charge is 0.219 e. The van der Waals surface area contributed by atoms with Gasteiger partial charge in [0, 0.05) is 83.2 Å². The summed E-state index contributed by atoms with van der Waals surface area (Å²) in [6.45, 7) is 41.0. The summed E-state index contributed by atoms with van der Waals surface area (Å²) in [6.07, 6.45) is 3.89. The minimum atomic E-state index is 0.000635. The summed E-state index contributed by atoms with van der Waals surface area (Å²) in [5.41, 5.74) is 24.8. The van der Waals surface area contributed by atoms with Crippen molar-refractivity contribution in [3.63, 3.8) is 0 Å². The maximum atomic E-state index is 5.16. The molecule has 10 aromatic rings. The Morgan fingerprint density at radius 2 is 0.405 bits per heavy atom. The van der Waals surface area contributed by atoms with Crippen LogP contribution in [-0.2, 0) is 32.5 Å². The molecule has 0 amide bonds. The van der Waals surface area contributed by atoms with Gasteiger partial charge in [0.2, 0.25) is 34.2 Å². The van der Waals surface area contributed by atoms with Gasteiger partial charge in [-0.25, -0.2) is 0 Å². The van der Waals surface area contributed by atoms with Crippen molar-refractivity contribution in [2.45, 2.75) is 157 Å². The zero-order valence-electron chi connectivity index (χ0n) is 53.4. The van der Waals surface area contributed by atoms with Gasteiger partial charge in [-0.3, -0.25) is 9.97 Å². The lowest BCUT2D eigenvalue weighted by molar-refractivity contribution is -0.572. The Labute approximate surface area is 503 Å². The van der Waals surface area contributed by atoms with Crippen molar-refractivity contribution in [2.24, 2.45) is 0 Å². The average Bonchev–Trinajstić information content (AvgIpc) is 3.66. The molecule has 4 heterocycles. The highest BCUT2D eigenvalue weighted by molar-refractivity contribution is 5.77. The average molecular weight is 1110 g/mol. The van der Waals surface area contributed by atoms with Gasteiger partial charge in [-0.15, -0.1) is 0 Å². The molecule has 0 N–H and O–H groups in total. The molecule has 0 bridgehead atoms. The first-order chi connectivity index (χ1) is 39.4. The van der Waals surface area contributed by atoms with E-state index in [4.69, 9.17) is 9.97 Å². The minimum Gasteiger partial charge on any atom is -0.254 e. The SMILES string of the molecule is CC(C)(C)c1ccc(-c2cc(-c3ccc(C(C)(C)C)cc3)[n+](-c3ccnc(-c4cc(-[n+]5c(-c6ccc(C(C)(C)C)cc6)cc(-c6ccc(C(C)(C)C)cc6)cc5-c5ccc(C(C)(C)C)cc5)ccn4)c3)c(-c3ccc(C(C)(C)C)cc3)c2)cc1. The van der Waals surface area contributed by atoms with Crippen LogP contribution in [0.25, 0.3) is 90.0 Å². The molecule has 0 spiro atoms. The van der Waals surface area contributed by atoms with E-state index in [0.717, 1.165) is 78.9 Å². The third-order valence-electron chi connectivity index (χ3n) is 16.8. The van der Waals surface area contributed by atoms with Gasteiger partial charge >= 0.3 is 0 Å². The van der Waals surface area contributed by atoms with E-state index in [1.165, 1.54) is 44.5 Å². The molecule has 0 fully saturated rings. The molecule has 0 unspecified atom stereocenters. The monoisotopic (exact) mass is 1100 g/mol. The van der Waals surface area contributed by atoms with Crippen molar-refractivity contribution in [3.8, 4) is 90.0 Å². The van der Waals surface area contributed by atoms with Crippen LogP contribution in [0.5, 0.6) is 0 Å². The molecule has 4 aromatic heterocycles. The molecule has 10 rings (SSSR count). The van der Waals surface area contributed by atoms with E-state index in [-0.39, 0.29) is 32.5 Å². The van der Waals surface area contributed by atoms with Crippen LogP contribution >= 0.6 is 0 Å². The standard InChI is InChI=1S/C80H88N4/c1-75(2,3)61-31-19-53(20-32-61)59-47-71(55-23-35-63(36-24-55)77(7,8)9)83(72(48-59)56-25-37-64(38-26-56)78(10,11)12)67-43-45-81-69(51-67)70-52-68(44-46-82-70)84-73(57-27-39-65(40-28-57)79(13,14)15)49-60(54-21-33-62(34-22-54)76(4,5)6)50-74(84)58-29-41-66(42-30-58)80(16,17)18/h19-52H,1-18H3/q+2. The van der Waals surface area contributed by atoms with Crippen LogP contribution in [0.2, 0.25) is 0 Å². The topological polar surface area (TPSA) is 33.5 Å². The van der Waals surface area contributed by atoms with Gasteiger partial charge in [0.1, 0.15) is 0 Å². The molecule has 0 atom stereocenters. The van der Waals surface area contributed by atoms with E-state index in [1.807, 2.05) is 12.4 Å². The second kappa shape index (κ2) is 22.2.